The Labute approximate surface area is 146 Å². The van der Waals surface area contributed by atoms with Gasteiger partial charge in [0.1, 0.15) is 0 Å². The van der Waals surface area contributed by atoms with Gasteiger partial charge >= 0.3 is 0 Å². The minimum atomic E-state index is 0.242. The third-order valence-corrected chi connectivity index (χ3v) is 5.13. The third kappa shape index (κ3) is 5.34. The number of rotatable bonds is 5. The Morgan fingerprint density at radius 3 is 2.58 bits per heavy atom. The quantitative estimate of drug-likeness (QED) is 0.537. The normalized spacial score (nSPS) is 24.9. The van der Waals surface area contributed by atoms with Crippen LogP contribution in [0.5, 0.6) is 0 Å². The third-order valence-electron chi connectivity index (χ3n) is 5.13. The van der Waals surface area contributed by atoms with Gasteiger partial charge in [-0.2, -0.15) is 0 Å². The highest BCUT2D eigenvalue weighted by atomic mass is 16.2. The topological polar surface area (TPSA) is 63.2 Å². The second-order valence-corrected chi connectivity index (χ2v) is 6.96. The van der Waals surface area contributed by atoms with Crippen molar-refractivity contribution < 1.29 is 4.79 Å². The fraction of sp³-hybridized carbons (Fsp3) is 0.882. The Hall–Kier alpha value is -1.34. The van der Waals surface area contributed by atoms with Gasteiger partial charge < -0.3 is 20.4 Å². The summed E-state index contributed by atoms with van der Waals surface area (Å²) >= 11 is 0. The molecule has 0 aromatic rings. The second kappa shape index (κ2) is 9.22. The Kier molecular flexibility index (Phi) is 7.30. The van der Waals surface area contributed by atoms with Crippen molar-refractivity contribution in [3.8, 4) is 0 Å². The number of piperazine rings is 1. The number of likely N-dealkylation sites (tertiary alicyclic amines) is 1. The molecule has 0 spiro atoms. The Bertz CT molecular complexity index is 433. The van der Waals surface area contributed by atoms with E-state index in [2.05, 4.69) is 39.4 Å². The standard InChI is InChI=1S/C17H34N6O/c1-5-16(24)23-7-6-15(13-23)20-17(18-3)19-12-14(2)22-10-8-21(4)9-11-22/h14-15H,5-13H2,1-4H3,(H2,18,19,20). The molecule has 0 saturated carbocycles. The van der Waals surface area contributed by atoms with E-state index in [9.17, 15) is 4.79 Å². The lowest BCUT2D eigenvalue weighted by Crippen LogP contribution is -2.53. The zero-order valence-corrected chi connectivity index (χ0v) is 15.7. The van der Waals surface area contributed by atoms with Gasteiger partial charge in [0, 0.05) is 71.4 Å². The van der Waals surface area contributed by atoms with Crippen molar-refractivity contribution in [2.75, 3.05) is 59.9 Å². The molecule has 24 heavy (non-hydrogen) atoms. The van der Waals surface area contributed by atoms with Crippen LogP contribution in [0.25, 0.3) is 0 Å². The summed E-state index contributed by atoms with van der Waals surface area (Å²) in [5.41, 5.74) is 0. The molecule has 2 fully saturated rings. The monoisotopic (exact) mass is 338 g/mol. The van der Waals surface area contributed by atoms with Crippen LogP contribution in [0.15, 0.2) is 4.99 Å². The summed E-state index contributed by atoms with van der Waals surface area (Å²) in [6.07, 6.45) is 1.57. The van der Waals surface area contributed by atoms with Crippen LogP contribution in [0.3, 0.4) is 0 Å². The highest BCUT2D eigenvalue weighted by Crippen LogP contribution is 2.10. The van der Waals surface area contributed by atoms with E-state index >= 15 is 0 Å². The number of hydrogen-bond acceptors (Lipinski definition) is 4. The first-order valence-corrected chi connectivity index (χ1v) is 9.21. The Morgan fingerprint density at radius 2 is 1.96 bits per heavy atom. The molecule has 2 aliphatic rings. The number of amides is 1. The summed E-state index contributed by atoms with van der Waals surface area (Å²) in [5, 5.41) is 6.90. The van der Waals surface area contributed by atoms with Crippen molar-refractivity contribution >= 4 is 11.9 Å². The van der Waals surface area contributed by atoms with Gasteiger partial charge in [-0.15, -0.1) is 0 Å². The van der Waals surface area contributed by atoms with Crippen LogP contribution in [0, 0.1) is 0 Å². The van der Waals surface area contributed by atoms with Gasteiger partial charge in [-0.05, 0) is 20.4 Å². The van der Waals surface area contributed by atoms with Gasteiger partial charge in [-0.1, -0.05) is 6.92 Å². The van der Waals surface area contributed by atoms with E-state index in [1.807, 2.05) is 11.8 Å². The van der Waals surface area contributed by atoms with Crippen molar-refractivity contribution in [3.05, 3.63) is 0 Å². The number of carbonyl (C=O) groups excluding carboxylic acids is 1. The van der Waals surface area contributed by atoms with E-state index in [1.54, 1.807) is 7.05 Å². The number of guanidine groups is 1. The first kappa shape index (κ1) is 19.0. The van der Waals surface area contributed by atoms with Crippen LogP contribution in [-0.2, 0) is 4.79 Å². The highest BCUT2D eigenvalue weighted by Gasteiger charge is 2.26. The molecule has 0 aliphatic carbocycles. The minimum Gasteiger partial charge on any atom is -0.355 e. The predicted octanol–water partition coefficient (Wildman–Crippen LogP) is -0.202. The lowest BCUT2D eigenvalue weighted by atomic mass is 10.2. The van der Waals surface area contributed by atoms with Crippen molar-refractivity contribution in [1.82, 2.24) is 25.3 Å². The molecular weight excluding hydrogens is 304 g/mol. The molecule has 0 radical (unpaired) electrons. The molecule has 138 valence electrons. The largest absolute Gasteiger partial charge is 0.355 e. The molecule has 2 unspecified atom stereocenters. The van der Waals surface area contributed by atoms with Crippen molar-refractivity contribution in [3.63, 3.8) is 0 Å². The molecule has 0 aromatic carbocycles. The van der Waals surface area contributed by atoms with E-state index in [-0.39, 0.29) is 5.91 Å². The Morgan fingerprint density at radius 1 is 1.25 bits per heavy atom. The fourth-order valence-electron chi connectivity index (χ4n) is 3.35. The van der Waals surface area contributed by atoms with Crippen LogP contribution in [0.4, 0.5) is 0 Å². The van der Waals surface area contributed by atoms with E-state index in [0.29, 0.717) is 18.5 Å². The number of nitrogens with one attached hydrogen (secondary N) is 2. The van der Waals surface area contributed by atoms with Gasteiger partial charge in [0.15, 0.2) is 5.96 Å². The van der Waals surface area contributed by atoms with Crippen molar-refractivity contribution in [2.45, 2.75) is 38.8 Å². The van der Waals surface area contributed by atoms with Crippen LogP contribution < -0.4 is 10.6 Å². The molecule has 1 amide bonds. The van der Waals surface area contributed by atoms with E-state index < -0.39 is 0 Å². The number of aliphatic imine (C=N–C) groups is 1. The first-order valence-electron chi connectivity index (χ1n) is 9.21. The number of nitrogens with zero attached hydrogens (tertiary/aromatic N) is 4. The minimum absolute atomic E-state index is 0.242. The maximum absolute atomic E-state index is 11.8. The van der Waals surface area contributed by atoms with Crippen LogP contribution in [-0.4, -0.2) is 98.6 Å². The molecule has 7 nitrogen and oxygen atoms in total. The fourth-order valence-corrected chi connectivity index (χ4v) is 3.35. The lowest BCUT2D eigenvalue weighted by molar-refractivity contribution is -0.129. The molecule has 2 saturated heterocycles. The molecule has 2 aliphatic heterocycles. The molecule has 2 atom stereocenters. The number of carbonyl (C=O) groups is 1. The lowest BCUT2D eigenvalue weighted by Gasteiger charge is -2.36. The van der Waals surface area contributed by atoms with Crippen molar-refractivity contribution in [1.29, 1.82) is 0 Å². The van der Waals surface area contributed by atoms with E-state index in [1.165, 1.54) is 0 Å². The molecule has 2 heterocycles. The van der Waals surface area contributed by atoms with Crippen LogP contribution in [0.2, 0.25) is 0 Å². The summed E-state index contributed by atoms with van der Waals surface area (Å²) in [6.45, 7) is 11.2. The number of likely N-dealkylation sites (N-methyl/N-ethyl adjacent to an activating group) is 1. The molecule has 2 rings (SSSR count). The van der Waals surface area contributed by atoms with Gasteiger partial charge in [0.25, 0.3) is 0 Å². The van der Waals surface area contributed by atoms with Gasteiger partial charge in [-0.3, -0.25) is 14.7 Å². The first-order chi connectivity index (χ1) is 11.5. The Balaban J connectivity index is 1.72. The zero-order chi connectivity index (χ0) is 17.5. The summed E-state index contributed by atoms with van der Waals surface area (Å²) in [5.74, 6) is 1.08. The summed E-state index contributed by atoms with van der Waals surface area (Å²) in [4.78, 5) is 22.9. The highest BCUT2D eigenvalue weighted by molar-refractivity contribution is 5.80. The van der Waals surface area contributed by atoms with Crippen molar-refractivity contribution in [2.24, 2.45) is 4.99 Å². The summed E-state index contributed by atoms with van der Waals surface area (Å²) < 4.78 is 0. The van der Waals surface area contributed by atoms with E-state index in [4.69, 9.17) is 0 Å². The van der Waals surface area contributed by atoms with Gasteiger partial charge in [-0.25, -0.2) is 0 Å². The second-order valence-electron chi connectivity index (χ2n) is 6.96. The molecular formula is C17H34N6O. The van der Waals surface area contributed by atoms with E-state index in [0.717, 1.165) is 58.2 Å². The zero-order valence-electron chi connectivity index (χ0n) is 15.7. The number of hydrogen-bond donors (Lipinski definition) is 2. The molecule has 2 N–H and O–H groups in total. The van der Waals surface area contributed by atoms with Gasteiger partial charge in [0.05, 0.1) is 0 Å². The average molecular weight is 339 g/mol. The SMILES string of the molecule is CCC(=O)N1CCC(NC(=NC)NCC(C)N2CCN(C)CC2)C1. The summed E-state index contributed by atoms with van der Waals surface area (Å²) in [6, 6.07) is 0.782. The molecule has 0 bridgehead atoms. The van der Waals surface area contributed by atoms with Gasteiger partial charge in [0.2, 0.25) is 5.91 Å². The average Bonchev–Trinajstić information content (AvgIpc) is 3.06. The maximum Gasteiger partial charge on any atom is 0.222 e. The van der Waals surface area contributed by atoms with Crippen LogP contribution >= 0.6 is 0 Å². The summed E-state index contributed by atoms with van der Waals surface area (Å²) in [7, 11) is 3.99. The predicted molar refractivity (Wildman–Crippen MR) is 98.3 cm³/mol. The molecule has 0 aromatic heterocycles. The molecule has 7 heteroatoms. The smallest absolute Gasteiger partial charge is 0.222 e. The maximum atomic E-state index is 11.8. The van der Waals surface area contributed by atoms with Crippen LogP contribution in [0.1, 0.15) is 26.7 Å².